The molecule has 0 unspecified atom stereocenters. The van der Waals surface area contributed by atoms with Crippen molar-refractivity contribution in [3.63, 3.8) is 0 Å². The molecule has 22 heavy (non-hydrogen) atoms. The highest BCUT2D eigenvalue weighted by atomic mass is 35.5. The van der Waals surface area contributed by atoms with Gasteiger partial charge in [-0.15, -0.1) is 11.8 Å². The van der Waals surface area contributed by atoms with Gasteiger partial charge in [0.2, 0.25) is 5.91 Å². The summed E-state index contributed by atoms with van der Waals surface area (Å²) in [4.78, 5) is 13.9. The number of methoxy groups -OCH3 is 1. The van der Waals surface area contributed by atoms with Crippen molar-refractivity contribution in [3.05, 3.63) is 58.9 Å². The number of nitrogens with zero attached hydrogens (tertiary/aromatic N) is 1. The minimum Gasteiger partial charge on any atom is -0.495 e. The van der Waals surface area contributed by atoms with E-state index in [-0.39, 0.29) is 17.1 Å². The third-order valence-electron chi connectivity index (χ3n) is 3.44. The Hall–Kier alpha value is -1.72. The number of carbonyl (C=O) groups is 1. The van der Waals surface area contributed by atoms with Gasteiger partial charge in [0.25, 0.3) is 0 Å². The van der Waals surface area contributed by atoms with Crippen LogP contribution >= 0.6 is 23.4 Å². The molecule has 1 aliphatic rings. The number of ether oxygens (including phenoxy) is 1. The average Bonchev–Trinajstić information content (AvgIpc) is 2.89. The van der Waals surface area contributed by atoms with Gasteiger partial charge < -0.3 is 4.74 Å². The van der Waals surface area contributed by atoms with E-state index in [1.807, 2.05) is 0 Å². The third-order valence-corrected chi connectivity index (χ3v) is 4.94. The number of anilines is 1. The lowest BCUT2D eigenvalue weighted by Gasteiger charge is -2.24. The Morgan fingerprint density at radius 3 is 2.64 bits per heavy atom. The van der Waals surface area contributed by atoms with E-state index in [0.29, 0.717) is 22.2 Å². The molecule has 0 aliphatic carbocycles. The molecule has 1 fully saturated rings. The summed E-state index contributed by atoms with van der Waals surface area (Å²) in [6.07, 6.45) is 0. The minimum atomic E-state index is -0.294. The fraction of sp³-hybridized carbons (Fsp3) is 0.188. The van der Waals surface area contributed by atoms with Crippen molar-refractivity contribution >= 4 is 35.0 Å². The van der Waals surface area contributed by atoms with Crippen molar-refractivity contribution in [2.24, 2.45) is 0 Å². The molecule has 0 spiro atoms. The molecular formula is C16H13ClFNO2S. The summed E-state index contributed by atoms with van der Waals surface area (Å²) in [7, 11) is 1.54. The van der Waals surface area contributed by atoms with Gasteiger partial charge in [0.05, 0.1) is 17.9 Å². The first-order valence-electron chi connectivity index (χ1n) is 6.63. The van der Waals surface area contributed by atoms with Crippen LogP contribution in [0.5, 0.6) is 5.75 Å². The topological polar surface area (TPSA) is 29.5 Å². The van der Waals surface area contributed by atoms with Gasteiger partial charge in [-0.05, 0) is 35.9 Å². The Morgan fingerprint density at radius 2 is 2.00 bits per heavy atom. The van der Waals surface area contributed by atoms with Gasteiger partial charge in [-0.25, -0.2) is 4.39 Å². The molecule has 3 rings (SSSR count). The zero-order valence-corrected chi connectivity index (χ0v) is 13.3. The normalized spacial score (nSPS) is 17.9. The van der Waals surface area contributed by atoms with Crippen LogP contribution in [0.15, 0.2) is 42.5 Å². The molecule has 1 heterocycles. The van der Waals surface area contributed by atoms with Gasteiger partial charge in [0.1, 0.15) is 16.9 Å². The largest absolute Gasteiger partial charge is 0.495 e. The summed E-state index contributed by atoms with van der Waals surface area (Å²) in [5.74, 6) is 0.645. The van der Waals surface area contributed by atoms with Gasteiger partial charge in [-0.1, -0.05) is 23.7 Å². The van der Waals surface area contributed by atoms with Crippen molar-refractivity contribution in [1.29, 1.82) is 0 Å². The second kappa shape index (κ2) is 6.18. The Balaban J connectivity index is 1.97. The summed E-state index contributed by atoms with van der Waals surface area (Å²) < 4.78 is 18.2. The number of benzene rings is 2. The number of carbonyl (C=O) groups excluding carboxylic acids is 1. The fourth-order valence-electron chi connectivity index (χ4n) is 2.38. The second-order valence-corrected chi connectivity index (χ2v) is 6.27. The Morgan fingerprint density at radius 1 is 1.27 bits per heavy atom. The molecule has 0 saturated carbocycles. The monoisotopic (exact) mass is 337 g/mol. The molecule has 1 amide bonds. The number of hydrogen-bond acceptors (Lipinski definition) is 3. The summed E-state index contributed by atoms with van der Waals surface area (Å²) in [5, 5.41) is 0.264. The van der Waals surface area contributed by atoms with E-state index in [0.717, 1.165) is 5.56 Å². The highest BCUT2D eigenvalue weighted by Crippen LogP contribution is 2.43. The molecular weight excluding hydrogens is 325 g/mol. The molecule has 1 atom stereocenters. The van der Waals surface area contributed by atoms with Crippen molar-refractivity contribution < 1.29 is 13.9 Å². The fourth-order valence-corrected chi connectivity index (χ4v) is 3.81. The molecule has 0 radical (unpaired) electrons. The van der Waals surface area contributed by atoms with Crippen LogP contribution in [0.1, 0.15) is 10.9 Å². The lowest BCUT2D eigenvalue weighted by Crippen LogP contribution is -2.27. The maximum absolute atomic E-state index is 13.1. The number of amides is 1. The van der Waals surface area contributed by atoms with Gasteiger partial charge >= 0.3 is 0 Å². The van der Waals surface area contributed by atoms with Crippen LogP contribution in [0.25, 0.3) is 0 Å². The maximum Gasteiger partial charge on any atom is 0.238 e. The zero-order chi connectivity index (χ0) is 15.7. The quantitative estimate of drug-likeness (QED) is 0.837. The first-order chi connectivity index (χ1) is 10.6. The highest BCUT2D eigenvalue weighted by molar-refractivity contribution is 8.00. The van der Waals surface area contributed by atoms with Crippen LogP contribution < -0.4 is 9.64 Å². The predicted molar refractivity (Wildman–Crippen MR) is 87.1 cm³/mol. The minimum absolute atomic E-state index is 0.000517. The number of rotatable bonds is 3. The van der Waals surface area contributed by atoms with Gasteiger partial charge in [-0.2, -0.15) is 0 Å². The van der Waals surface area contributed by atoms with Gasteiger partial charge in [0.15, 0.2) is 0 Å². The van der Waals surface area contributed by atoms with Crippen molar-refractivity contribution in [2.75, 3.05) is 17.8 Å². The predicted octanol–water partition coefficient (Wildman–Crippen LogP) is 4.27. The first-order valence-corrected chi connectivity index (χ1v) is 8.05. The maximum atomic E-state index is 13.1. The smallest absolute Gasteiger partial charge is 0.238 e. The Bertz CT molecular complexity index is 708. The SMILES string of the molecule is COc1ccc(N2C(=O)CS[C@@H]2c2ccc(F)cc2)cc1Cl. The third kappa shape index (κ3) is 2.78. The summed E-state index contributed by atoms with van der Waals surface area (Å²) in [6.45, 7) is 0. The van der Waals surface area contributed by atoms with Crippen LogP contribution in [0.3, 0.4) is 0 Å². The number of thioether (sulfide) groups is 1. The average molecular weight is 338 g/mol. The van der Waals surface area contributed by atoms with E-state index in [4.69, 9.17) is 16.3 Å². The molecule has 2 aromatic carbocycles. The van der Waals surface area contributed by atoms with Gasteiger partial charge in [-0.3, -0.25) is 9.69 Å². The number of hydrogen-bond donors (Lipinski definition) is 0. The molecule has 3 nitrogen and oxygen atoms in total. The van der Waals surface area contributed by atoms with Crippen LogP contribution in [-0.2, 0) is 4.79 Å². The van der Waals surface area contributed by atoms with Crippen LogP contribution in [0.4, 0.5) is 10.1 Å². The van der Waals surface area contributed by atoms with Crippen LogP contribution in [0, 0.1) is 5.82 Å². The Kier molecular flexibility index (Phi) is 4.27. The van der Waals surface area contributed by atoms with Crippen LogP contribution in [0.2, 0.25) is 5.02 Å². The first kappa shape index (κ1) is 15.2. The molecule has 0 aromatic heterocycles. The zero-order valence-electron chi connectivity index (χ0n) is 11.8. The Labute approximate surface area is 137 Å². The molecule has 2 aromatic rings. The van der Waals surface area contributed by atoms with E-state index in [1.54, 1.807) is 42.3 Å². The molecule has 1 aliphatic heterocycles. The van der Waals surface area contributed by atoms with Crippen LogP contribution in [-0.4, -0.2) is 18.8 Å². The lowest BCUT2D eigenvalue weighted by atomic mass is 10.2. The van der Waals surface area contributed by atoms with E-state index in [1.165, 1.54) is 23.9 Å². The summed E-state index contributed by atoms with van der Waals surface area (Å²) in [5.41, 5.74) is 1.58. The molecule has 1 saturated heterocycles. The molecule has 0 bridgehead atoms. The molecule has 0 N–H and O–H groups in total. The van der Waals surface area contributed by atoms with E-state index in [2.05, 4.69) is 0 Å². The van der Waals surface area contributed by atoms with E-state index >= 15 is 0 Å². The summed E-state index contributed by atoms with van der Waals surface area (Å²) in [6, 6.07) is 11.4. The second-order valence-electron chi connectivity index (χ2n) is 4.80. The van der Waals surface area contributed by atoms with Crippen molar-refractivity contribution in [1.82, 2.24) is 0 Å². The standard InChI is InChI=1S/C16H13ClFNO2S/c1-21-14-7-6-12(8-13(14)17)19-15(20)9-22-16(19)10-2-4-11(18)5-3-10/h2-8,16H,9H2,1H3/t16-/m1/s1. The van der Waals surface area contributed by atoms with E-state index < -0.39 is 0 Å². The number of halogens is 2. The summed E-state index contributed by atoms with van der Waals surface area (Å²) >= 11 is 7.66. The molecule has 114 valence electrons. The highest BCUT2D eigenvalue weighted by Gasteiger charge is 2.34. The van der Waals surface area contributed by atoms with E-state index in [9.17, 15) is 9.18 Å². The molecule has 6 heteroatoms. The lowest BCUT2D eigenvalue weighted by molar-refractivity contribution is -0.115. The van der Waals surface area contributed by atoms with Crippen molar-refractivity contribution in [3.8, 4) is 5.75 Å². The van der Waals surface area contributed by atoms with Gasteiger partial charge in [0, 0.05) is 5.69 Å². The van der Waals surface area contributed by atoms with Crippen molar-refractivity contribution in [2.45, 2.75) is 5.37 Å².